The summed E-state index contributed by atoms with van der Waals surface area (Å²) in [5.41, 5.74) is 3.53. The van der Waals surface area contributed by atoms with Crippen LogP contribution < -0.4 is 5.32 Å². The van der Waals surface area contributed by atoms with Gasteiger partial charge in [0.2, 0.25) is 0 Å². The number of aliphatic imine (C=N–C) groups is 1. The second-order valence-corrected chi connectivity index (χ2v) is 6.77. The number of nitrogens with zero attached hydrogens (tertiary/aromatic N) is 4. The summed E-state index contributed by atoms with van der Waals surface area (Å²) in [6.07, 6.45) is 6.29. The molecule has 0 bridgehead atoms. The number of benzene rings is 1. The Bertz CT molecular complexity index is 768. The molecule has 0 atom stereocenters. The van der Waals surface area contributed by atoms with Crippen molar-refractivity contribution in [2.75, 3.05) is 39.8 Å². The summed E-state index contributed by atoms with van der Waals surface area (Å²) < 4.78 is 0. The van der Waals surface area contributed by atoms with Crippen LogP contribution in [-0.2, 0) is 6.54 Å². The van der Waals surface area contributed by atoms with E-state index in [0.717, 1.165) is 44.4 Å². The van der Waals surface area contributed by atoms with E-state index >= 15 is 0 Å². The molecule has 0 aliphatic carbocycles. The number of pyridine rings is 1. The van der Waals surface area contributed by atoms with E-state index in [-0.39, 0.29) is 24.0 Å². The third-order valence-electron chi connectivity index (χ3n) is 4.89. The monoisotopic (exact) mass is 491 g/mol. The number of hydrogen-bond acceptors (Lipinski definition) is 3. The van der Waals surface area contributed by atoms with Crippen LogP contribution >= 0.6 is 24.0 Å². The van der Waals surface area contributed by atoms with Gasteiger partial charge in [-0.3, -0.25) is 14.9 Å². The molecule has 0 unspecified atom stereocenters. The Labute approximate surface area is 185 Å². The molecule has 1 aliphatic rings. The fourth-order valence-corrected chi connectivity index (χ4v) is 3.24. The molecule has 2 aromatic rings. The Hall–Kier alpha value is -1.93. The van der Waals surface area contributed by atoms with Crippen molar-refractivity contribution in [3.63, 3.8) is 0 Å². The van der Waals surface area contributed by atoms with Crippen LogP contribution in [0.5, 0.6) is 0 Å². The zero-order chi connectivity index (χ0) is 18.9. The lowest BCUT2D eigenvalue weighted by Crippen LogP contribution is -2.52. The number of hydrogen-bond donors (Lipinski definition) is 1. The normalized spacial score (nSPS) is 15.5. The number of halogens is 1. The predicted molar refractivity (Wildman–Crippen MR) is 128 cm³/mol. The summed E-state index contributed by atoms with van der Waals surface area (Å²) >= 11 is 0. The van der Waals surface area contributed by atoms with Gasteiger partial charge in [-0.1, -0.05) is 48.6 Å². The van der Waals surface area contributed by atoms with Crippen LogP contribution in [0.25, 0.3) is 6.08 Å². The van der Waals surface area contributed by atoms with Crippen molar-refractivity contribution in [2.45, 2.75) is 13.5 Å². The van der Waals surface area contributed by atoms with Gasteiger partial charge >= 0.3 is 0 Å². The maximum atomic E-state index is 4.45. The largest absolute Gasteiger partial charge is 0.351 e. The fourth-order valence-electron chi connectivity index (χ4n) is 3.24. The molecule has 5 nitrogen and oxygen atoms in total. The minimum Gasteiger partial charge on any atom is -0.351 e. The van der Waals surface area contributed by atoms with Gasteiger partial charge in [0.1, 0.15) is 0 Å². The Morgan fingerprint density at radius 2 is 1.86 bits per heavy atom. The van der Waals surface area contributed by atoms with Crippen LogP contribution in [-0.4, -0.2) is 60.5 Å². The maximum absolute atomic E-state index is 4.45. The summed E-state index contributed by atoms with van der Waals surface area (Å²) in [5, 5.41) is 3.46. The third-order valence-corrected chi connectivity index (χ3v) is 4.89. The van der Waals surface area contributed by atoms with E-state index < -0.39 is 0 Å². The number of nitrogens with one attached hydrogen (secondary N) is 1. The van der Waals surface area contributed by atoms with Gasteiger partial charge in [0.15, 0.2) is 5.96 Å². The van der Waals surface area contributed by atoms with Gasteiger partial charge in [-0.25, -0.2) is 0 Å². The third kappa shape index (κ3) is 6.60. The van der Waals surface area contributed by atoms with Gasteiger partial charge < -0.3 is 10.2 Å². The molecule has 1 N–H and O–H groups in total. The topological polar surface area (TPSA) is 43.8 Å². The van der Waals surface area contributed by atoms with E-state index in [1.807, 2.05) is 25.4 Å². The Morgan fingerprint density at radius 1 is 1.11 bits per heavy atom. The lowest BCUT2D eigenvalue weighted by molar-refractivity contribution is 0.194. The molecule has 1 aliphatic heterocycles. The van der Waals surface area contributed by atoms with Gasteiger partial charge in [-0.15, -0.1) is 24.0 Å². The lowest BCUT2D eigenvalue weighted by Gasteiger charge is -2.36. The van der Waals surface area contributed by atoms with E-state index in [4.69, 9.17) is 0 Å². The van der Waals surface area contributed by atoms with Crippen molar-refractivity contribution in [2.24, 2.45) is 4.99 Å². The zero-order valence-corrected chi connectivity index (χ0v) is 19.0. The molecular formula is C22H30IN5. The summed E-state index contributed by atoms with van der Waals surface area (Å²) in [5.74, 6) is 0.958. The zero-order valence-electron chi connectivity index (χ0n) is 16.7. The molecule has 0 saturated carbocycles. The summed E-state index contributed by atoms with van der Waals surface area (Å²) in [6.45, 7) is 7.85. The van der Waals surface area contributed by atoms with Gasteiger partial charge in [0.05, 0.1) is 12.2 Å². The minimum absolute atomic E-state index is 0. The van der Waals surface area contributed by atoms with E-state index in [2.05, 4.69) is 74.5 Å². The van der Waals surface area contributed by atoms with Crippen LogP contribution in [0.15, 0.2) is 59.7 Å². The minimum atomic E-state index is 0. The second-order valence-electron chi connectivity index (χ2n) is 6.77. The summed E-state index contributed by atoms with van der Waals surface area (Å²) in [6, 6.07) is 14.5. The van der Waals surface area contributed by atoms with Crippen LogP contribution in [0.2, 0.25) is 0 Å². The smallest absolute Gasteiger partial charge is 0.194 e. The Balaban J connectivity index is 0.00000280. The highest BCUT2D eigenvalue weighted by Gasteiger charge is 2.18. The molecule has 1 aromatic heterocycles. The highest BCUT2D eigenvalue weighted by molar-refractivity contribution is 14.0. The molecular weight excluding hydrogens is 461 g/mol. The molecule has 1 aromatic carbocycles. The van der Waals surface area contributed by atoms with Crippen molar-refractivity contribution in [3.8, 4) is 0 Å². The standard InChI is InChI=1S/C22H29N5.HI/c1-19-8-6-12-24-21(19)18-25-22(23-2)27-16-14-26(15-17-27)13-7-11-20-9-4-3-5-10-20;/h3-12H,13-18H2,1-2H3,(H,23,25);1H. The molecule has 0 amide bonds. The molecule has 0 spiro atoms. The first-order valence-corrected chi connectivity index (χ1v) is 9.56. The quantitative estimate of drug-likeness (QED) is 0.396. The second kappa shape index (κ2) is 11.8. The summed E-state index contributed by atoms with van der Waals surface area (Å²) in [7, 11) is 1.85. The lowest BCUT2D eigenvalue weighted by atomic mass is 10.2. The highest BCUT2D eigenvalue weighted by atomic mass is 127. The first kappa shape index (κ1) is 22.4. The van der Waals surface area contributed by atoms with E-state index in [0.29, 0.717) is 6.54 Å². The molecule has 2 heterocycles. The summed E-state index contributed by atoms with van der Waals surface area (Å²) in [4.78, 5) is 13.7. The van der Waals surface area contributed by atoms with Gasteiger partial charge in [0.25, 0.3) is 0 Å². The van der Waals surface area contributed by atoms with Gasteiger partial charge in [0, 0.05) is 46.0 Å². The number of piperazine rings is 1. The van der Waals surface area contributed by atoms with Crippen molar-refractivity contribution in [1.29, 1.82) is 0 Å². The van der Waals surface area contributed by atoms with E-state index in [1.165, 1.54) is 11.1 Å². The predicted octanol–water partition coefficient (Wildman–Crippen LogP) is 3.41. The first-order chi connectivity index (χ1) is 13.3. The van der Waals surface area contributed by atoms with Crippen molar-refractivity contribution in [3.05, 3.63) is 71.6 Å². The van der Waals surface area contributed by atoms with Crippen LogP contribution in [0.1, 0.15) is 16.8 Å². The Kier molecular flexibility index (Phi) is 9.43. The number of guanidine groups is 1. The molecule has 1 fully saturated rings. The molecule has 1 saturated heterocycles. The average Bonchev–Trinajstić information content (AvgIpc) is 2.71. The van der Waals surface area contributed by atoms with Crippen molar-refractivity contribution >= 4 is 36.0 Å². The first-order valence-electron chi connectivity index (χ1n) is 9.56. The SMILES string of the molecule is CN=C(NCc1ncccc1C)N1CCN(CC=Cc2ccccc2)CC1.I. The van der Waals surface area contributed by atoms with Crippen LogP contribution in [0.3, 0.4) is 0 Å². The maximum Gasteiger partial charge on any atom is 0.194 e. The average molecular weight is 491 g/mol. The van der Waals surface area contributed by atoms with Crippen LogP contribution in [0.4, 0.5) is 0 Å². The molecule has 6 heteroatoms. The van der Waals surface area contributed by atoms with Crippen molar-refractivity contribution in [1.82, 2.24) is 20.1 Å². The molecule has 3 rings (SSSR count). The van der Waals surface area contributed by atoms with Crippen molar-refractivity contribution < 1.29 is 0 Å². The van der Waals surface area contributed by atoms with Gasteiger partial charge in [-0.05, 0) is 24.1 Å². The number of rotatable bonds is 5. The van der Waals surface area contributed by atoms with E-state index in [9.17, 15) is 0 Å². The highest BCUT2D eigenvalue weighted by Crippen LogP contribution is 2.06. The number of aryl methyl sites for hydroxylation is 1. The fraction of sp³-hybridized carbons (Fsp3) is 0.364. The number of aromatic nitrogens is 1. The van der Waals surface area contributed by atoms with Gasteiger partial charge in [-0.2, -0.15) is 0 Å². The molecule has 150 valence electrons. The molecule has 0 radical (unpaired) electrons. The van der Waals surface area contributed by atoms with Crippen LogP contribution in [0, 0.1) is 6.92 Å². The van der Waals surface area contributed by atoms with E-state index in [1.54, 1.807) is 0 Å². The molecule has 28 heavy (non-hydrogen) atoms. The Morgan fingerprint density at radius 3 is 2.54 bits per heavy atom.